The highest BCUT2D eigenvalue weighted by Crippen LogP contribution is 2.24. The highest BCUT2D eigenvalue weighted by atomic mass is 19.3. The van der Waals surface area contributed by atoms with Crippen LogP contribution in [0.2, 0.25) is 0 Å². The lowest BCUT2D eigenvalue weighted by atomic mass is 10.1. The SMILES string of the molecule is CC(F)(F)c1nc2ccc(CO)c(F)c2[nH]c1=O. The van der Waals surface area contributed by atoms with Crippen LogP contribution in [-0.4, -0.2) is 15.1 Å². The van der Waals surface area contributed by atoms with Gasteiger partial charge in [0.15, 0.2) is 11.5 Å². The van der Waals surface area contributed by atoms with Gasteiger partial charge in [-0.1, -0.05) is 6.07 Å². The van der Waals surface area contributed by atoms with Crippen LogP contribution in [0.5, 0.6) is 0 Å². The van der Waals surface area contributed by atoms with Crippen molar-refractivity contribution in [3.63, 3.8) is 0 Å². The number of nitrogens with zero attached hydrogens (tertiary/aromatic N) is 1. The van der Waals surface area contributed by atoms with Gasteiger partial charge in [-0.15, -0.1) is 0 Å². The molecule has 0 saturated carbocycles. The number of alkyl halides is 2. The van der Waals surface area contributed by atoms with Gasteiger partial charge in [0.2, 0.25) is 0 Å². The predicted molar refractivity (Wildman–Crippen MR) is 57.8 cm³/mol. The molecule has 1 heterocycles. The van der Waals surface area contributed by atoms with E-state index in [1.54, 1.807) is 0 Å². The Labute approximate surface area is 99.1 Å². The van der Waals surface area contributed by atoms with Gasteiger partial charge in [-0.3, -0.25) is 4.79 Å². The number of aliphatic hydroxyl groups is 1. The summed E-state index contributed by atoms with van der Waals surface area (Å²) in [4.78, 5) is 16.9. The van der Waals surface area contributed by atoms with Crippen molar-refractivity contribution in [2.45, 2.75) is 19.5 Å². The van der Waals surface area contributed by atoms with Gasteiger partial charge in [0.1, 0.15) is 5.52 Å². The first-order valence-electron chi connectivity index (χ1n) is 5.05. The number of aromatic amines is 1. The summed E-state index contributed by atoms with van der Waals surface area (Å²) < 4.78 is 39.9. The summed E-state index contributed by atoms with van der Waals surface area (Å²) in [6.45, 7) is -0.0235. The number of fused-ring (bicyclic) bond motifs is 1. The number of halogens is 3. The van der Waals surface area contributed by atoms with E-state index in [4.69, 9.17) is 5.11 Å². The van der Waals surface area contributed by atoms with Crippen LogP contribution in [0.15, 0.2) is 16.9 Å². The second-order valence-electron chi connectivity index (χ2n) is 3.89. The molecule has 0 bridgehead atoms. The molecule has 96 valence electrons. The van der Waals surface area contributed by atoms with Crippen LogP contribution in [0.25, 0.3) is 11.0 Å². The maximum atomic E-state index is 13.7. The predicted octanol–water partition coefficient (Wildman–Crippen LogP) is 1.67. The lowest BCUT2D eigenvalue weighted by Gasteiger charge is -2.10. The van der Waals surface area contributed by atoms with E-state index in [-0.39, 0.29) is 16.6 Å². The monoisotopic (exact) mass is 258 g/mol. The van der Waals surface area contributed by atoms with Gasteiger partial charge in [-0.05, 0) is 6.07 Å². The molecular weight excluding hydrogens is 249 g/mol. The summed E-state index contributed by atoms with van der Waals surface area (Å²) >= 11 is 0. The Bertz CT molecular complexity index is 662. The van der Waals surface area contributed by atoms with Crippen LogP contribution in [0.4, 0.5) is 13.2 Å². The molecule has 0 fully saturated rings. The molecule has 4 nitrogen and oxygen atoms in total. The molecule has 0 amide bonds. The summed E-state index contributed by atoms with van der Waals surface area (Å²) in [6.07, 6.45) is 0. The largest absolute Gasteiger partial charge is 0.392 e. The molecule has 0 spiro atoms. The number of hydrogen-bond donors (Lipinski definition) is 2. The van der Waals surface area contributed by atoms with Gasteiger partial charge in [-0.25, -0.2) is 9.37 Å². The zero-order valence-corrected chi connectivity index (χ0v) is 9.30. The van der Waals surface area contributed by atoms with Crippen molar-refractivity contribution in [2.75, 3.05) is 0 Å². The number of benzene rings is 1. The van der Waals surface area contributed by atoms with E-state index in [1.807, 2.05) is 4.98 Å². The summed E-state index contributed by atoms with van der Waals surface area (Å²) in [6, 6.07) is 2.48. The molecular formula is C11H9F3N2O2. The fourth-order valence-electron chi connectivity index (χ4n) is 1.58. The van der Waals surface area contributed by atoms with E-state index >= 15 is 0 Å². The lowest BCUT2D eigenvalue weighted by Crippen LogP contribution is -2.25. The standard InChI is InChI=1S/C11H9F3N2O2/c1-11(13,14)9-10(18)16-8-6(15-9)3-2-5(4-17)7(8)12/h2-3,17H,4H2,1H3,(H,16,18). The Kier molecular flexibility index (Phi) is 2.86. The number of H-pyrrole nitrogens is 1. The highest BCUT2D eigenvalue weighted by Gasteiger charge is 2.30. The smallest absolute Gasteiger partial charge is 0.292 e. The topological polar surface area (TPSA) is 66.0 Å². The van der Waals surface area contributed by atoms with Crippen molar-refractivity contribution < 1.29 is 18.3 Å². The van der Waals surface area contributed by atoms with Gasteiger partial charge in [-0.2, -0.15) is 8.78 Å². The molecule has 0 atom stereocenters. The minimum Gasteiger partial charge on any atom is -0.392 e. The molecule has 2 rings (SSSR count). The first kappa shape index (κ1) is 12.6. The van der Waals surface area contributed by atoms with Gasteiger partial charge < -0.3 is 10.1 Å². The lowest BCUT2D eigenvalue weighted by molar-refractivity contribution is 0.0115. The summed E-state index contributed by atoms with van der Waals surface area (Å²) in [5.74, 6) is -4.28. The molecule has 18 heavy (non-hydrogen) atoms. The maximum Gasteiger partial charge on any atom is 0.292 e. The molecule has 0 aliphatic carbocycles. The van der Waals surface area contributed by atoms with E-state index in [0.717, 1.165) is 0 Å². The van der Waals surface area contributed by atoms with Crippen molar-refractivity contribution >= 4 is 11.0 Å². The van der Waals surface area contributed by atoms with Crippen LogP contribution in [0.1, 0.15) is 18.2 Å². The third kappa shape index (κ3) is 1.97. The molecule has 0 saturated heterocycles. The Morgan fingerprint density at radius 1 is 1.44 bits per heavy atom. The minimum absolute atomic E-state index is 0.0454. The van der Waals surface area contributed by atoms with E-state index in [1.165, 1.54) is 12.1 Å². The normalized spacial score (nSPS) is 12.1. The molecule has 0 unspecified atom stereocenters. The highest BCUT2D eigenvalue weighted by molar-refractivity contribution is 5.75. The van der Waals surface area contributed by atoms with Crippen LogP contribution in [0.3, 0.4) is 0 Å². The third-order valence-corrected chi connectivity index (χ3v) is 2.47. The average molecular weight is 258 g/mol. The van der Waals surface area contributed by atoms with Crippen molar-refractivity contribution in [3.05, 3.63) is 39.6 Å². The number of rotatable bonds is 2. The molecule has 1 aromatic heterocycles. The molecule has 1 aromatic carbocycles. The Balaban J connectivity index is 2.80. The molecule has 0 radical (unpaired) electrons. The minimum atomic E-state index is -3.41. The zero-order chi connectivity index (χ0) is 13.5. The Hall–Kier alpha value is -1.89. The van der Waals surface area contributed by atoms with E-state index in [0.29, 0.717) is 6.92 Å². The molecule has 2 N–H and O–H groups in total. The molecule has 7 heteroatoms. The second kappa shape index (κ2) is 4.09. The third-order valence-electron chi connectivity index (χ3n) is 2.47. The fourth-order valence-corrected chi connectivity index (χ4v) is 1.58. The van der Waals surface area contributed by atoms with Gasteiger partial charge in [0.05, 0.1) is 12.1 Å². The van der Waals surface area contributed by atoms with E-state index in [9.17, 15) is 18.0 Å². The molecule has 0 aliphatic rings. The van der Waals surface area contributed by atoms with Crippen LogP contribution in [-0.2, 0) is 12.5 Å². The van der Waals surface area contributed by atoms with Crippen LogP contribution < -0.4 is 5.56 Å². The summed E-state index contributed by atoms with van der Waals surface area (Å²) in [5, 5.41) is 8.86. The van der Waals surface area contributed by atoms with Gasteiger partial charge in [0.25, 0.3) is 11.5 Å². The second-order valence-corrected chi connectivity index (χ2v) is 3.89. The zero-order valence-electron chi connectivity index (χ0n) is 9.30. The van der Waals surface area contributed by atoms with Gasteiger partial charge >= 0.3 is 0 Å². The number of aromatic nitrogens is 2. The molecule has 0 aliphatic heterocycles. The van der Waals surface area contributed by atoms with Crippen molar-refractivity contribution in [3.8, 4) is 0 Å². The Morgan fingerprint density at radius 3 is 2.67 bits per heavy atom. The quantitative estimate of drug-likeness (QED) is 0.861. The van der Waals surface area contributed by atoms with Crippen LogP contribution in [0, 0.1) is 5.82 Å². The first-order valence-corrected chi connectivity index (χ1v) is 5.05. The number of hydrogen-bond acceptors (Lipinski definition) is 3. The summed E-state index contributed by atoms with van der Waals surface area (Å²) in [5.41, 5.74) is -2.55. The van der Waals surface area contributed by atoms with E-state index in [2.05, 4.69) is 4.98 Å². The fraction of sp³-hybridized carbons (Fsp3) is 0.273. The first-order chi connectivity index (χ1) is 8.34. The number of nitrogens with one attached hydrogen (secondary N) is 1. The van der Waals surface area contributed by atoms with Crippen LogP contribution >= 0.6 is 0 Å². The summed E-state index contributed by atoms with van der Waals surface area (Å²) in [7, 11) is 0. The van der Waals surface area contributed by atoms with E-state index < -0.39 is 29.6 Å². The van der Waals surface area contributed by atoms with Crippen molar-refractivity contribution in [1.82, 2.24) is 9.97 Å². The van der Waals surface area contributed by atoms with Crippen molar-refractivity contribution in [2.24, 2.45) is 0 Å². The Morgan fingerprint density at radius 2 is 2.11 bits per heavy atom. The molecule has 2 aromatic rings. The maximum absolute atomic E-state index is 13.7. The van der Waals surface area contributed by atoms with Crippen molar-refractivity contribution in [1.29, 1.82) is 0 Å². The average Bonchev–Trinajstić information content (AvgIpc) is 2.28. The van der Waals surface area contributed by atoms with Gasteiger partial charge in [0, 0.05) is 12.5 Å². The number of aliphatic hydroxyl groups excluding tert-OH is 1.